The van der Waals surface area contributed by atoms with Crippen LogP contribution in [0.2, 0.25) is 0 Å². The van der Waals surface area contributed by atoms with Crippen LogP contribution in [-0.2, 0) is 78.4 Å². The third-order valence-corrected chi connectivity index (χ3v) is 19.4. The standard InChI is InChI=1S/C17H26Cl2N2O2.C13H18N2O4.C13H20N2O2.C11H13NO4.C10H12N2O4.C8H7NO4.C8H9NO3.C8H7NO3.C2H3ClO.3CO2.ClH/c1-4-20-16(12-17(22)23-3)15-6-5-14(11-13(15)2)21(9-7-18)10-8-19;1-4-14-12(8-13(16)19-3)11-6-5-10(15(17)18)7-9(11)2;1-4-15-12(8-13(16)17-3)11-6-5-10(14)7-9(11)2;1-7-5-9(12(15)16)3-4-10(7)8(2)6-11(13)14;1-6-4-7(12(15)16)2-3-8(6)9(11)5-10(13)14;1-5-4-6(9(12)13)2-3-7(5)8(10)11;2*1-6-4-8(9(11)12)3-2-7(6)5-10;1-2(3)4;3*2-1-3;/h5-6,11,16,20H,4,7-10,12H2,1-3H3;5-7,12,14H,4,8H2,1-3H3;5-7,12,15H,4,8,14H2,1-3H3;3-5,8H,6H2,1-2H3,(H,13,14);2-4,9H,5,11H2,1H3,(H,13,14);2-4H,1H3,(H,10,11);2-4,10H,5H2,1H3;2-5H,1H3;1H3;;;;1H/p-1. The molecule has 8 aromatic carbocycles. The number of anilines is 2. The van der Waals surface area contributed by atoms with Crippen LogP contribution in [0.4, 0.5) is 45.5 Å². The van der Waals surface area contributed by atoms with Crippen molar-refractivity contribution in [2.75, 3.05) is 76.4 Å². The molecule has 0 heterocycles. The predicted molar refractivity (Wildman–Crippen MR) is 516 cm³/mol. The number of carbonyl (C=O) groups excluding carboxylic acids is 11. The lowest BCUT2D eigenvalue weighted by atomic mass is 9.93. The lowest BCUT2D eigenvalue weighted by Gasteiger charge is -2.25. The number of carboxylic acids is 3. The number of aliphatic carboxylic acids is 2. The van der Waals surface area contributed by atoms with Crippen molar-refractivity contribution in [2.45, 2.75) is 159 Å². The molecule has 45 nitrogen and oxygen atoms in total. The largest absolute Gasteiger partial charge is 1.00 e. The number of nitro groups is 6. The highest BCUT2D eigenvalue weighted by atomic mass is 35.5. The molecule has 0 aromatic heterocycles. The van der Waals surface area contributed by atoms with Crippen molar-refractivity contribution in [2.24, 2.45) is 5.73 Å². The second-order valence-corrected chi connectivity index (χ2v) is 30.3. The van der Waals surface area contributed by atoms with Gasteiger partial charge in [-0.25, -0.2) is 4.79 Å². The number of aliphatic hydroxyl groups is 1. The highest BCUT2D eigenvalue weighted by Crippen LogP contribution is 2.31. The molecule has 0 amide bonds. The highest BCUT2D eigenvalue weighted by molar-refractivity contribution is 6.62. The second kappa shape index (κ2) is 76.0. The minimum absolute atomic E-state index is 0. The summed E-state index contributed by atoms with van der Waals surface area (Å²) in [7, 11) is 4.16. The lowest BCUT2D eigenvalue weighted by Crippen LogP contribution is -3.00. The van der Waals surface area contributed by atoms with Gasteiger partial charge in [0.15, 0.2) is 0 Å². The van der Waals surface area contributed by atoms with Crippen molar-refractivity contribution in [3.63, 3.8) is 0 Å². The first-order chi connectivity index (χ1) is 66.2. The van der Waals surface area contributed by atoms with E-state index in [9.17, 15) is 99.0 Å². The van der Waals surface area contributed by atoms with Crippen molar-refractivity contribution in [1.29, 1.82) is 0 Å². The van der Waals surface area contributed by atoms with Crippen LogP contribution in [0.15, 0.2) is 146 Å². The number of ether oxygens (including phenoxy) is 3. The molecule has 0 aliphatic carbocycles. The Hall–Kier alpha value is -15.0. The number of alkyl halides is 2. The van der Waals surface area contributed by atoms with Gasteiger partial charge in [-0.1, -0.05) is 58.0 Å². The van der Waals surface area contributed by atoms with Gasteiger partial charge in [-0.3, -0.25) is 94.2 Å². The van der Waals surface area contributed by atoms with Gasteiger partial charge in [0.25, 0.3) is 34.1 Å². The van der Waals surface area contributed by atoms with Gasteiger partial charge in [0.1, 0.15) is 6.29 Å². The number of methoxy groups -OCH3 is 3. The Morgan fingerprint density at radius 2 is 0.725 bits per heavy atom. The molecule has 0 saturated carbocycles. The van der Waals surface area contributed by atoms with E-state index in [2.05, 4.69) is 62.3 Å². The van der Waals surface area contributed by atoms with E-state index in [4.69, 9.17) is 93.3 Å². The van der Waals surface area contributed by atoms with E-state index in [0.29, 0.717) is 65.2 Å². The fraction of sp³-hybridized carbons (Fsp3) is 0.366. The molecular weight excluding hydrogens is 1950 g/mol. The first kappa shape index (κ1) is 135. The lowest BCUT2D eigenvalue weighted by molar-refractivity contribution is -0.385. The van der Waals surface area contributed by atoms with Gasteiger partial charge in [0, 0.05) is 146 Å². The van der Waals surface area contributed by atoms with E-state index in [1.54, 1.807) is 59.7 Å². The van der Waals surface area contributed by atoms with Crippen molar-refractivity contribution in [1.82, 2.24) is 16.0 Å². The summed E-state index contributed by atoms with van der Waals surface area (Å²) >= 11 is 16.4. The van der Waals surface area contributed by atoms with Gasteiger partial charge in [0.2, 0.25) is 5.24 Å². The minimum atomic E-state index is -1.08. The van der Waals surface area contributed by atoms with Crippen LogP contribution in [-0.4, -0.2) is 182 Å². The quantitative estimate of drug-likeness (QED) is 0.00260. The summed E-state index contributed by atoms with van der Waals surface area (Å²) in [4.78, 5) is 196. The third-order valence-electron chi connectivity index (χ3n) is 19.0. The van der Waals surface area contributed by atoms with E-state index in [0.717, 1.165) is 93.2 Å². The fourth-order valence-corrected chi connectivity index (χ4v) is 12.9. The van der Waals surface area contributed by atoms with Crippen molar-refractivity contribution >= 4 is 146 Å². The zero-order valence-corrected chi connectivity index (χ0v) is 83.5. The van der Waals surface area contributed by atoms with Gasteiger partial charge in [0.05, 0.1) is 95.1 Å². The number of aromatic carboxylic acids is 1. The molecule has 8 aromatic rings. The second-order valence-electron chi connectivity index (χ2n) is 29.0. The Labute approximate surface area is 837 Å². The first-order valence-corrected chi connectivity index (χ1v) is 43.1. The van der Waals surface area contributed by atoms with Crippen molar-refractivity contribution < 1.29 is 144 Å². The molecule has 8 rings (SSSR count). The predicted octanol–water partition coefficient (Wildman–Crippen LogP) is 12.0. The molecule has 11 N–H and O–H groups in total. The van der Waals surface area contributed by atoms with Gasteiger partial charge >= 0.3 is 54.3 Å². The molecule has 0 spiro atoms. The number of benzene rings is 8. The summed E-state index contributed by atoms with van der Waals surface area (Å²) in [6.45, 7) is 27.0. The topological polar surface area (TPSA) is 698 Å². The number of hydrogen-bond acceptors (Lipinski definition) is 36. The molecule has 49 heteroatoms. The van der Waals surface area contributed by atoms with Crippen molar-refractivity contribution in [3.8, 4) is 0 Å². The number of esters is 3. The van der Waals surface area contributed by atoms with Crippen LogP contribution in [0.1, 0.15) is 195 Å². The van der Waals surface area contributed by atoms with Crippen LogP contribution in [0.25, 0.3) is 0 Å². The number of aldehydes is 1. The molecule has 0 fully saturated rings. The Bertz CT molecular complexity index is 5440. The summed E-state index contributed by atoms with van der Waals surface area (Å²) < 4.78 is 14.2. The minimum Gasteiger partial charge on any atom is -1.00 e. The van der Waals surface area contributed by atoms with Gasteiger partial charge in [-0.05, 0) is 213 Å². The zero-order chi connectivity index (χ0) is 109. The average Bonchev–Trinajstić information content (AvgIpc) is 0.818. The molecular formula is C93H115Cl4N12O33-. The number of hydrogen-bond donors (Lipinski definition) is 9. The summed E-state index contributed by atoms with van der Waals surface area (Å²) in [6, 6.07) is 36.6. The number of nitrogen functional groups attached to an aromatic ring is 1. The van der Waals surface area contributed by atoms with Crippen LogP contribution in [0.5, 0.6) is 0 Å². The van der Waals surface area contributed by atoms with Crippen LogP contribution in [0, 0.1) is 116 Å². The van der Waals surface area contributed by atoms with E-state index < -0.39 is 53.5 Å². The van der Waals surface area contributed by atoms with E-state index in [1.807, 2.05) is 45.9 Å². The number of nitrogens with zero attached hydrogens (tertiary/aromatic N) is 7. The SMILES string of the molecule is CC(=O)Cl.CCNC(CC(=O)OC)c1ccc(N(CCCl)CCCl)cc1C.CCNC(CC(=O)OC)c1ccc(N)cc1C.CCNC(CC(=O)OC)c1ccc([N+](=O)[O-])cc1C.Cc1cc([N+](=O)[O-])ccc1C(=O)O.Cc1cc([N+](=O)[O-])ccc1C(C)CC(=O)O.Cc1cc([N+](=O)[O-])ccc1C(N)CC(=O)O.Cc1cc([N+](=O)[O-])ccc1C=O.Cc1cc([N+](=O)[O-])ccc1CO.O=C=O.O=C=O.O=C=O.[Cl-]. The number of aryl methyl sites for hydroxylation is 8. The molecule has 5 unspecified atom stereocenters. The zero-order valence-electron chi connectivity index (χ0n) is 80.4. The van der Waals surface area contributed by atoms with Crippen LogP contribution >= 0.6 is 34.8 Å². The Morgan fingerprint density at radius 3 is 1.00 bits per heavy atom. The van der Waals surface area contributed by atoms with Crippen LogP contribution in [0.3, 0.4) is 0 Å². The first-order valence-electron chi connectivity index (χ1n) is 41.6. The van der Waals surface area contributed by atoms with E-state index in [-0.39, 0.29) is 144 Å². The monoisotopic (exact) mass is 2070 g/mol. The van der Waals surface area contributed by atoms with Gasteiger partial charge in [-0.15, -0.1) is 23.2 Å². The summed E-state index contributed by atoms with van der Waals surface area (Å²) in [6.07, 6.45) is 2.10. The summed E-state index contributed by atoms with van der Waals surface area (Å²) in [5.41, 5.74) is 25.2. The van der Waals surface area contributed by atoms with E-state index >= 15 is 0 Å². The maximum Gasteiger partial charge on any atom is 0.373 e. The Balaban J connectivity index is -0.000000497. The number of carbonyl (C=O) groups is 8. The Morgan fingerprint density at radius 1 is 0.437 bits per heavy atom. The van der Waals surface area contributed by atoms with Gasteiger partial charge < -0.3 is 79.4 Å². The van der Waals surface area contributed by atoms with Gasteiger partial charge in [-0.2, -0.15) is 28.8 Å². The number of aliphatic hydroxyl groups excluding tert-OH is 1. The molecule has 142 heavy (non-hydrogen) atoms. The number of nitrogens with two attached hydrogens (primary N) is 2. The maximum atomic E-state index is 11.6. The van der Waals surface area contributed by atoms with Crippen LogP contribution < -0.4 is 44.7 Å². The Kier molecular flexibility index (Phi) is 72.5. The molecule has 0 aliphatic rings. The average molecular weight is 2070 g/mol. The number of nitrogens with one attached hydrogen (secondary N) is 3. The number of halogens is 4. The molecule has 0 radical (unpaired) electrons. The maximum absolute atomic E-state index is 11.6. The number of rotatable bonds is 35. The van der Waals surface area contributed by atoms with Crippen molar-refractivity contribution in [3.05, 3.63) is 295 Å². The number of nitro benzene ring substituents is 6. The molecule has 774 valence electrons. The fourth-order valence-electron chi connectivity index (χ4n) is 12.5. The number of carboxylic acid groups (broad SMARTS) is 3. The molecule has 0 bridgehead atoms. The summed E-state index contributed by atoms with van der Waals surface area (Å²) in [5.74, 6) is -2.72. The normalized spacial score (nSPS) is 10.6. The summed E-state index contributed by atoms with van der Waals surface area (Å²) in [5, 5.41) is 107. The van der Waals surface area contributed by atoms with E-state index in [1.165, 1.54) is 126 Å². The molecule has 0 saturated heterocycles. The molecule has 0 aliphatic heterocycles. The smallest absolute Gasteiger partial charge is 0.373 e. The third kappa shape index (κ3) is 55.6. The number of non-ortho nitro benzene ring substituents is 6. The highest BCUT2D eigenvalue weighted by Gasteiger charge is 2.24. The molecule has 5 atom stereocenters.